The topological polar surface area (TPSA) is 84.2 Å². The smallest absolute Gasteiger partial charge is 0.239 e. The third kappa shape index (κ3) is 5.17. The van der Waals surface area contributed by atoms with Crippen LogP contribution in [0.25, 0.3) is 0 Å². The molecular weight excluding hydrogens is 218 g/mol. The lowest BCUT2D eigenvalue weighted by molar-refractivity contribution is -0.125. The molecular formula is C12H23N3O2. The minimum atomic E-state index is -0.302. The maximum atomic E-state index is 11.5. The zero-order valence-electron chi connectivity index (χ0n) is 10.7. The van der Waals surface area contributed by atoms with Gasteiger partial charge in [-0.25, -0.2) is 0 Å². The average molecular weight is 241 g/mol. The lowest BCUT2D eigenvalue weighted by atomic mass is 9.94. The van der Waals surface area contributed by atoms with Gasteiger partial charge in [-0.05, 0) is 30.6 Å². The van der Waals surface area contributed by atoms with Gasteiger partial charge in [0.2, 0.25) is 11.8 Å². The van der Waals surface area contributed by atoms with Gasteiger partial charge in [0.15, 0.2) is 0 Å². The van der Waals surface area contributed by atoms with Crippen LogP contribution in [0.15, 0.2) is 0 Å². The highest BCUT2D eigenvalue weighted by molar-refractivity contribution is 5.85. The van der Waals surface area contributed by atoms with Gasteiger partial charge >= 0.3 is 0 Å². The maximum absolute atomic E-state index is 11.5. The van der Waals surface area contributed by atoms with Crippen molar-refractivity contribution in [2.24, 2.45) is 17.1 Å². The normalized spacial score (nSPS) is 16.7. The minimum Gasteiger partial charge on any atom is -0.354 e. The van der Waals surface area contributed by atoms with E-state index in [9.17, 15) is 9.59 Å². The Balaban J connectivity index is 2.17. The largest absolute Gasteiger partial charge is 0.354 e. The fraction of sp³-hybridized carbons (Fsp3) is 0.833. The van der Waals surface area contributed by atoms with Crippen molar-refractivity contribution in [1.29, 1.82) is 0 Å². The monoisotopic (exact) mass is 241 g/mol. The van der Waals surface area contributed by atoms with Gasteiger partial charge in [0, 0.05) is 6.54 Å². The molecule has 0 bridgehead atoms. The van der Waals surface area contributed by atoms with E-state index in [1.807, 2.05) is 0 Å². The van der Waals surface area contributed by atoms with E-state index in [-0.39, 0.29) is 24.9 Å². The van der Waals surface area contributed by atoms with Gasteiger partial charge in [-0.1, -0.05) is 13.8 Å². The molecule has 0 aromatic carbocycles. The first-order valence-electron chi connectivity index (χ1n) is 6.21. The Morgan fingerprint density at radius 1 is 1.24 bits per heavy atom. The first kappa shape index (κ1) is 14.0. The van der Waals surface area contributed by atoms with E-state index in [4.69, 9.17) is 5.73 Å². The SMILES string of the molecule is CC(C)CC1(CNC(=O)CNC(=O)CN)CC1. The zero-order chi connectivity index (χ0) is 12.9. The predicted octanol–water partition coefficient (Wildman–Crippen LogP) is 0.00380. The number of nitrogens with one attached hydrogen (secondary N) is 2. The molecule has 2 amide bonds. The van der Waals surface area contributed by atoms with Crippen molar-refractivity contribution in [3.05, 3.63) is 0 Å². The summed E-state index contributed by atoms with van der Waals surface area (Å²) < 4.78 is 0. The van der Waals surface area contributed by atoms with Crippen molar-refractivity contribution >= 4 is 11.8 Å². The van der Waals surface area contributed by atoms with Crippen LogP contribution in [0.3, 0.4) is 0 Å². The molecule has 1 rings (SSSR count). The Kier molecular flexibility index (Phi) is 4.93. The second-order valence-electron chi connectivity index (χ2n) is 5.36. The number of nitrogens with two attached hydrogens (primary N) is 1. The van der Waals surface area contributed by atoms with Gasteiger partial charge in [0.25, 0.3) is 0 Å². The number of hydrogen-bond donors (Lipinski definition) is 3. The summed E-state index contributed by atoms with van der Waals surface area (Å²) >= 11 is 0. The van der Waals surface area contributed by atoms with E-state index in [1.54, 1.807) is 0 Å². The molecule has 0 aromatic heterocycles. The molecule has 1 aliphatic carbocycles. The molecule has 1 fully saturated rings. The van der Waals surface area contributed by atoms with Gasteiger partial charge in [0.05, 0.1) is 13.1 Å². The highest BCUT2D eigenvalue weighted by Crippen LogP contribution is 2.49. The number of carbonyl (C=O) groups excluding carboxylic acids is 2. The van der Waals surface area contributed by atoms with Crippen molar-refractivity contribution in [2.75, 3.05) is 19.6 Å². The number of rotatable bonds is 7. The summed E-state index contributed by atoms with van der Waals surface area (Å²) in [5, 5.41) is 5.33. The van der Waals surface area contributed by atoms with Crippen LogP contribution in [0, 0.1) is 11.3 Å². The summed E-state index contributed by atoms with van der Waals surface area (Å²) in [4.78, 5) is 22.3. The molecule has 0 atom stereocenters. The van der Waals surface area contributed by atoms with Gasteiger partial charge in [-0.3, -0.25) is 9.59 Å². The second-order valence-corrected chi connectivity index (χ2v) is 5.36. The van der Waals surface area contributed by atoms with Crippen LogP contribution in [0.1, 0.15) is 33.1 Å². The summed E-state index contributed by atoms with van der Waals surface area (Å²) in [6.07, 6.45) is 3.55. The van der Waals surface area contributed by atoms with Gasteiger partial charge < -0.3 is 16.4 Å². The fourth-order valence-electron chi connectivity index (χ4n) is 2.10. The Hall–Kier alpha value is -1.10. The standard InChI is InChI=1S/C12H23N3O2/c1-9(2)5-12(3-4-12)8-15-11(17)7-14-10(16)6-13/h9H,3-8,13H2,1-2H3,(H,14,16)(H,15,17). The summed E-state index contributed by atoms with van der Waals surface area (Å²) in [7, 11) is 0. The molecule has 0 radical (unpaired) electrons. The zero-order valence-corrected chi connectivity index (χ0v) is 10.7. The van der Waals surface area contributed by atoms with Gasteiger partial charge in [-0.2, -0.15) is 0 Å². The molecule has 5 nitrogen and oxygen atoms in total. The van der Waals surface area contributed by atoms with Crippen LogP contribution < -0.4 is 16.4 Å². The van der Waals surface area contributed by atoms with E-state index in [0.717, 1.165) is 13.0 Å². The molecule has 4 N–H and O–H groups in total. The molecule has 0 heterocycles. The lowest BCUT2D eigenvalue weighted by Gasteiger charge is -2.18. The molecule has 0 aromatic rings. The predicted molar refractivity (Wildman–Crippen MR) is 66.2 cm³/mol. The van der Waals surface area contributed by atoms with E-state index >= 15 is 0 Å². The van der Waals surface area contributed by atoms with Crippen molar-refractivity contribution in [2.45, 2.75) is 33.1 Å². The van der Waals surface area contributed by atoms with Crippen molar-refractivity contribution in [3.8, 4) is 0 Å². The Labute approximate surface area is 103 Å². The van der Waals surface area contributed by atoms with Crippen LogP contribution in [0.2, 0.25) is 0 Å². The minimum absolute atomic E-state index is 0.0216. The second kappa shape index (κ2) is 6.00. The summed E-state index contributed by atoms with van der Waals surface area (Å²) in [5.41, 5.74) is 5.44. The molecule has 5 heteroatoms. The first-order chi connectivity index (χ1) is 7.97. The van der Waals surface area contributed by atoms with E-state index in [0.29, 0.717) is 11.3 Å². The Morgan fingerprint density at radius 2 is 1.88 bits per heavy atom. The molecule has 0 aliphatic heterocycles. The first-order valence-corrected chi connectivity index (χ1v) is 6.21. The Bertz CT molecular complexity index is 285. The molecule has 17 heavy (non-hydrogen) atoms. The molecule has 0 spiro atoms. The van der Waals surface area contributed by atoms with Crippen LogP contribution in [0.5, 0.6) is 0 Å². The van der Waals surface area contributed by atoms with Crippen LogP contribution in [0.4, 0.5) is 0 Å². The van der Waals surface area contributed by atoms with E-state index in [2.05, 4.69) is 24.5 Å². The molecule has 0 unspecified atom stereocenters. The molecule has 1 aliphatic rings. The summed E-state index contributed by atoms with van der Waals surface area (Å²) in [5.74, 6) is 0.219. The third-order valence-corrected chi connectivity index (χ3v) is 3.09. The van der Waals surface area contributed by atoms with E-state index < -0.39 is 0 Å². The quantitative estimate of drug-likeness (QED) is 0.587. The number of hydrogen-bond acceptors (Lipinski definition) is 3. The summed E-state index contributed by atoms with van der Waals surface area (Å²) in [6, 6.07) is 0. The molecule has 0 saturated heterocycles. The van der Waals surface area contributed by atoms with Crippen LogP contribution in [-0.2, 0) is 9.59 Å². The van der Waals surface area contributed by atoms with Gasteiger partial charge in [0.1, 0.15) is 0 Å². The highest BCUT2D eigenvalue weighted by Gasteiger charge is 2.42. The fourth-order valence-corrected chi connectivity index (χ4v) is 2.10. The Morgan fingerprint density at radius 3 is 2.35 bits per heavy atom. The average Bonchev–Trinajstić information content (AvgIpc) is 3.02. The van der Waals surface area contributed by atoms with E-state index in [1.165, 1.54) is 12.8 Å². The van der Waals surface area contributed by atoms with Crippen LogP contribution >= 0.6 is 0 Å². The molecule has 98 valence electrons. The van der Waals surface area contributed by atoms with Crippen molar-refractivity contribution in [1.82, 2.24) is 10.6 Å². The highest BCUT2D eigenvalue weighted by atomic mass is 16.2. The van der Waals surface area contributed by atoms with Gasteiger partial charge in [-0.15, -0.1) is 0 Å². The lowest BCUT2D eigenvalue weighted by Crippen LogP contribution is -2.41. The number of carbonyl (C=O) groups is 2. The number of amides is 2. The van der Waals surface area contributed by atoms with Crippen molar-refractivity contribution in [3.63, 3.8) is 0 Å². The van der Waals surface area contributed by atoms with Crippen LogP contribution in [-0.4, -0.2) is 31.4 Å². The maximum Gasteiger partial charge on any atom is 0.239 e. The third-order valence-electron chi connectivity index (χ3n) is 3.09. The molecule has 1 saturated carbocycles. The summed E-state index contributed by atoms with van der Waals surface area (Å²) in [6.45, 7) is 5.06. The van der Waals surface area contributed by atoms with Crippen molar-refractivity contribution < 1.29 is 9.59 Å².